The highest BCUT2D eigenvalue weighted by Crippen LogP contribution is 2.28. The molecule has 1 unspecified atom stereocenters. The normalized spacial score (nSPS) is 19.4. The molecule has 0 radical (unpaired) electrons. The number of nitrogens with one attached hydrogen (secondary N) is 1. The molecule has 2 fully saturated rings. The number of pyridine rings is 1. The number of halogens is 1. The van der Waals surface area contributed by atoms with E-state index in [-0.39, 0.29) is 5.56 Å². The summed E-state index contributed by atoms with van der Waals surface area (Å²) >= 11 is 6.09. The summed E-state index contributed by atoms with van der Waals surface area (Å²) in [6.07, 6.45) is 6.22. The molecule has 1 aromatic heterocycles. The van der Waals surface area contributed by atoms with Gasteiger partial charge in [0.2, 0.25) is 0 Å². The lowest BCUT2D eigenvalue weighted by Crippen LogP contribution is -2.41. The van der Waals surface area contributed by atoms with E-state index in [1.807, 2.05) is 0 Å². The Kier molecular flexibility index (Phi) is 6.73. The van der Waals surface area contributed by atoms with Crippen molar-refractivity contribution in [3.8, 4) is 0 Å². The number of aromatic nitrogens is 1. The number of carbonyl (C=O) groups excluding carboxylic acids is 1. The Hall–Kier alpha value is -2.64. The van der Waals surface area contributed by atoms with Crippen molar-refractivity contribution in [2.75, 3.05) is 42.9 Å². The molecule has 1 amide bonds. The van der Waals surface area contributed by atoms with Crippen molar-refractivity contribution in [1.82, 2.24) is 9.88 Å². The molecule has 2 N–H and O–H groups in total. The van der Waals surface area contributed by atoms with Crippen LogP contribution in [0.2, 0.25) is 5.02 Å². The summed E-state index contributed by atoms with van der Waals surface area (Å²) in [6.45, 7) is 4.97. The second-order valence-electron chi connectivity index (χ2n) is 8.30. The van der Waals surface area contributed by atoms with E-state index in [0.29, 0.717) is 28.0 Å². The number of hydrogen-bond acceptors (Lipinski definition) is 5. The van der Waals surface area contributed by atoms with E-state index in [1.54, 1.807) is 24.3 Å². The number of benzene rings is 1. The Morgan fingerprint density at radius 3 is 2.65 bits per heavy atom. The molecule has 0 spiro atoms. The quantitative estimate of drug-likeness (QED) is 0.703. The summed E-state index contributed by atoms with van der Waals surface area (Å²) in [5, 5.41) is 12.8. The maximum atomic E-state index is 12.5. The summed E-state index contributed by atoms with van der Waals surface area (Å²) < 4.78 is 0. The zero-order valence-corrected chi connectivity index (χ0v) is 18.1. The fraction of sp³-hybridized carbons (Fsp3) is 0.435. The van der Waals surface area contributed by atoms with Gasteiger partial charge in [-0.15, -0.1) is 0 Å². The van der Waals surface area contributed by atoms with Gasteiger partial charge in [-0.25, -0.2) is 9.78 Å². The number of hydrogen-bond donors (Lipinski definition) is 2. The third-order valence-electron chi connectivity index (χ3n) is 6.01. The molecule has 8 heteroatoms. The largest absolute Gasteiger partial charge is 0.478 e. The molecule has 7 nitrogen and oxygen atoms in total. The zero-order valence-electron chi connectivity index (χ0n) is 17.4. The van der Waals surface area contributed by atoms with E-state index in [9.17, 15) is 14.7 Å². The molecule has 0 saturated carbocycles. The monoisotopic (exact) mass is 442 g/mol. The number of piperidine rings is 1. The summed E-state index contributed by atoms with van der Waals surface area (Å²) in [6, 6.07) is 8.19. The number of carbonyl (C=O) groups is 2. The smallest absolute Gasteiger partial charge is 0.339 e. The van der Waals surface area contributed by atoms with Crippen molar-refractivity contribution in [2.45, 2.75) is 25.7 Å². The Balaban J connectivity index is 1.50. The summed E-state index contributed by atoms with van der Waals surface area (Å²) in [7, 11) is 0. The Morgan fingerprint density at radius 1 is 1.13 bits per heavy atom. The fourth-order valence-corrected chi connectivity index (χ4v) is 4.74. The Bertz CT molecular complexity index is 962. The first-order valence-electron chi connectivity index (χ1n) is 10.8. The number of aromatic carboxylic acids is 1. The first-order chi connectivity index (χ1) is 15.0. The second-order valence-corrected chi connectivity index (χ2v) is 8.70. The Labute approximate surface area is 187 Å². The number of carboxylic acids is 1. The molecule has 2 aliphatic rings. The van der Waals surface area contributed by atoms with E-state index >= 15 is 0 Å². The van der Waals surface area contributed by atoms with Gasteiger partial charge in [0.05, 0.1) is 22.5 Å². The average Bonchev–Trinajstić information content (AvgIpc) is 3.27. The SMILES string of the molecule is O=C(Nc1cnc(N2CCCC(CN3CCCC3)C2)c(C(=O)O)c1)c1ccccc1Cl. The number of amides is 1. The van der Waals surface area contributed by atoms with Gasteiger partial charge in [0.25, 0.3) is 5.91 Å². The Morgan fingerprint density at radius 2 is 1.90 bits per heavy atom. The lowest BCUT2D eigenvalue weighted by molar-refractivity contribution is 0.0696. The van der Waals surface area contributed by atoms with E-state index in [4.69, 9.17) is 11.6 Å². The van der Waals surface area contributed by atoms with Crippen LogP contribution in [0.4, 0.5) is 11.5 Å². The number of anilines is 2. The van der Waals surface area contributed by atoms with Crippen LogP contribution in [0.25, 0.3) is 0 Å². The highest BCUT2D eigenvalue weighted by atomic mass is 35.5. The first kappa shape index (κ1) is 21.6. The molecule has 0 bridgehead atoms. The number of nitrogens with zero attached hydrogens (tertiary/aromatic N) is 3. The third-order valence-corrected chi connectivity index (χ3v) is 6.34. The van der Waals surface area contributed by atoms with E-state index in [2.05, 4.69) is 20.1 Å². The molecule has 31 heavy (non-hydrogen) atoms. The first-order valence-corrected chi connectivity index (χ1v) is 11.2. The molecular weight excluding hydrogens is 416 g/mol. The van der Waals surface area contributed by atoms with E-state index in [0.717, 1.165) is 45.6 Å². The van der Waals surface area contributed by atoms with Crippen molar-refractivity contribution in [3.63, 3.8) is 0 Å². The molecule has 164 valence electrons. The molecule has 4 rings (SSSR count). The van der Waals surface area contributed by atoms with Crippen molar-refractivity contribution in [2.24, 2.45) is 5.92 Å². The molecule has 1 atom stereocenters. The van der Waals surface area contributed by atoms with Gasteiger partial charge in [0, 0.05) is 19.6 Å². The highest BCUT2D eigenvalue weighted by molar-refractivity contribution is 6.34. The van der Waals surface area contributed by atoms with Gasteiger partial charge in [0.15, 0.2) is 0 Å². The molecular formula is C23H27ClN4O3. The minimum atomic E-state index is -1.06. The van der Waals surface area contributed by atoms with Crippen molar-refractivity contribution < 1.29 is 14.7 Å². The van der Waals surface area contributed by atoms with Gasteiger partial charge in [-0.3, -0.25) is 4.79 Å². The maximum Gasteiger partial charge on any atom is 0.339 e. The summed E-state index contributed by atoms with van der Waals surface area (Å²) in [4.78, 5) is 33.5. The minimum absolute atomic E-state index is 0.0961. The van der Waals surface area contributed by atoms with Crippen molar-refractivity contribution in [3.05, 3.63) is 52.7 Å². The lowest BCUT2D eigenvalue weighted by atomic mass is 9.97. The van der Waals surface area contributed by atoms with Crippen molar-refractivity contribution >= 4 is 35.0 Å². The van der Waals surface area contributed by atoms with Crippen LogP contribution in [0.3, 0.4) is 0 Å². The predicted octanol–water partition coefficient (Wildman–Crippen LogP) is 4.00. The van der Waals surface area contributed by atoms with E-state index in [1.165, 1.54) is 25.1 Å². The van der Waals surface area contributed by atoms with Gasteiger partial charge >= 0.3 is 5.97 Å². The lowest BCUT2D eigenvalue weighted by Gasteiger charge is -2.36. The van der Waals surface area contributed by atoms with Crippen LogP contribution in [0.15, 0.2) is 36.5 Å². The van der Waals surface area contributed by atoms with Crippen molar-refractivity contribution in [1.29, 1.82) is 0 Å². The van der Waals surface area contributed by atoms with Crippen LogP contribution >= 0.6 is 11.6 Å². The van der Waals surface area contributed by atoms with Gasteiger partial charge in [-0.1, -0.05) is 23.7 Å². The fourth-order valence-electron chi connectivity index (χ4n) is 4.52. The number of carboxylic acid groups (broad SMARTS) is 1. The molecule has 1 aromatic carbocycles. The third kappa shape index (κ3) is 5.17. The van der Waals surface area contributed by atoms with Gasteiger partial charge in [0.1, 0.15) is 11.4 Å². The zero-order chi connectivity index (χ0) is 21.8. The predicted molar refractivity (Wildman–Crippen MR) is 121 cm³/mol. The maximum absolute atomic E-state index is 12.5. The second kappa shape index (κ2) is 9.66. The molecule has 0 aliphatic carbocycles. The topological polar surface area (TPSA) is 85.8 Å². The average molecular weight is 443 g/mol. The van der Waals surface area contributed by atoms with Gasteiger partial charge < -0.3 is 20.2 Å². The minimum Gasteiger partial charge on any atom is -0.478 e. The van der Waals surface area contributed by atoms with Crippen LogP contribution in [0.5, 0.6) is 0 Å². The van der Waals surface area contributed by atoms with Gasteiger partial charge in [-0.05, 0) is 62.9 Å². The standard InChI is InChI=1S/C23H27ClN4O3/c24-20-8-2-1-7-18(20)22(29)26-17-12-19(23(30)31)21(25-13-17)28-11-5-6-16(15-28)14-27-9-3-4-10-27/h1-2,7-8,12-13,16H,3-6,9-11,14-15H2,(H,26,29)(H,30,31). The molecule has 3 heterocycles. The van der Waals surface area contributed by atoms with Crippen LogP contribution in [-0.2, 0) is 0 Å². The summed E-state index contributed by atoms with van der Waals surface area (Å²) in [5.41, 5.74) is 0.751. The molecule has 2 aliphatic heterocycles. The van der Waals surface area contributed by atoms with Crippen LogP contribution < -0.4 is 10.2 Å². The van der Waals surface area contributed by atoms with Crippen LogP contribution in [0, 0.1) is 5.92 Å². The number of rotatable bonds is 6. The van der Waals surface area contributed by atoms with Crippen LogP contribution in [-0.4, -0.2) is 59.6 Å². The number of likely N-dealkylation sites (tertiary alicyclic amines) is 1. The van der Waals surface area contributed by atoms with Crippen LogP contribution in [0.1, 0.15) is 46.4 Å². The molecule has 2 saturated heterocycles. The summed E-state index contributed by atoms with van der Waals surface area (Å²) in [5.74, 6) is -0.484. The van der Waals surface area contributed by atoms with Gasteiger partial charge in [-0.2, -0.15) is 0 Å². The molecule has 2 aromatic rings. The van der Waals surface area contributed by atoms with E-state index < -0.39 is 11.9 Å². The highest BCUT2D eigenvalue weighted by Gasteiger charge is 2.27.